The lowest BCUT2D eigenvalue weighted by molar-refractivity contribution is -0.115. The number of carbonyl (C=O) groups is 1. The minimum atomic E-state index is -0.185. The summed E-state index contributed by atoms with van der Waals surface area (Å²) >= 11 is 1.55. The van der Waals surface area contributed by atoms with Gasteiger partial charge in [-0.2, -0.15) is 20.2 Å². The zero-order valence-corrected chi connectivity index (χ0v) is 23.0. The van der Waals surface area contributed by atoms with Crippen molar-refractivity contribution in [2.24, 2.45) is 0 Å². The van der Waals surface area contributed by atoms with Crippen LogP contribution in [-0.2, 0) is 4.79 Å². The summed E-state index contributed by atoms with van der Waals surface area (Å²) in [5.41, 5.74) is 2.86. The zero-order valence-electron chi connectivity index (χ0n) is 22.2. The Balaban J connectivity index is 1.30. The monoisotopic (exact) mass is 566 g/mol. The minimum absolute atomic E-state index is 0.0175. The highest BCUT2D eigenvalue weighted by atomic mass is 32.2. The fourth-order valence-corrected chi connectivity index (χ4v) is 5.81. The Kier molecular flexibility index (Phi) is 7.37. The molecule has 2 saturated heterocycles. The third kappa shape index (κ3) is 5.77. The van der Waals surface area contributed by atoms with Gasteiger partial charge in [-0.05, 0) is 55.1 Å². The molecule has 0 bridgehead atoms. The Labute approximate surface area is 241 Å². The normalized spacial score (nSPS) is 17.5. The molecule has 2 fully saturated rings. The molecule has 0 radical (unpaired) electrons. The predicted octanol–water partition coefficient (Wildman–Crippen LogP) is 3.83. The molecule has 1 atom stereocenters. The van der Waals surface area contributed by atoms with Crippen LogP contribution in [0.5, 0.6) is 17.6 Å². The number of hydrogen-bond donors (Lipinski definition) is 1. The summed E-state index contributed by atoms with van der Waals surface area (Å²) in [7, 11) is 2.08. The van der Waals surface area contributed by atoms with Crippen molar-refractivity contribution in [3.05, 3.63) is 78.0 Å². The van der Waals surface area contributed by atoms with Crippen molar-refractivity contribution in [2.45, 2.75) is 5.37 Å². The van der Waals surface area contributed by atoms with Crippen LogP contribution in [-0.4, -0.2) is 74.8 Å². The molecule has 0 spiro atoms. The van der Waals surface area contributed by atoms with Crippen LogP contribution in [0.2, 0.25) is 0 Å². The smallest absolute Gasteiger partial charge is 0.328 e. The fourth-order valence-electron chi connectivity index (χ4n) is 4.63. The van der Waals surface area contributed by atoms with Crippen LogP contribution in [0.4, 0.5) is 11.6 Å². The zero-order chi connectivity index (χ0) is 28.3. The SMILES string of the molecule is CN1CCN(c2nc(Oc3ccc(C#N)cn3)nc(-c3ccc(N4C(=O)CSC4c4ccc(O)cc4)cc3)n2)CC1. The molecule has 1 amide bonds. The first-order valence-electron chi connectivity index (χ1n) is 13.0. The molecule has 4 aromatic rings. The largest absolute Gasteiger partial charge is 0.508 e. The third-order valence-corrected chi connectivity index (χ3v) is 8.11. The van der Waals surface area contributed by atoms with Crippen LogP contribution < -0.4 is 14.5 Å². The number of amides is 1. The molecule has 0 aliphatic carbocycles. The van der Waals surface area contributed by atoms with Crippen LogP contribution in [0.1, 0.15) is 16.5 Å². The van der Waals surface area contributed by atoms with Crippen molar-refractivity contribution in [1.29, 1.82) is 5.26 Å². The highest BCUT2D eigenvalue weighted by molar-refractivity contribution is 8.00. The highest BCUT2D eigenvalue weighted by Gasteiger charge is 2.34. The average molecular weight is 567 g/mol. The molecular weight excluding hydrogens is 540 g/mol. The number of phenolic OH excluding ortho intramolecular Hbond substituents is 1. The molecular formula is C29H26N8O3S. The molecule has 1 unspecified atom stereocenters. The van der Waals surface area contributed by atoms with Crippen molar-refractivity contribution in [2.75, 3.05) is 48.8 Å². The van der Waals surface area contributed by atoms with Gasteiger partial charge in [0.2, 0.25) is 17.7 Å². The summed E-state index contributed by atoms with van der Waals surface area (Å²) in [6.45, 7) is 3.29. The predicted molar refractivity (Wildman–Crippen MR) is 155 cm³/mol. The van der Waals surface area contributed by atoms with E-state index in [2.05, 4.69) is 31.8 Å². The Bertz CT molecular complexity index is 1580. The first-order valence-corrected chi connectivity index (χ1v) is 14.1. The Morgan fingerprint density at radius 3 is 2.41 bits per heavy atom. The van der Waals surface area contributed by atoms with E-state index in [0.717, 1.165) is 43.0 Å². The highest BCUT2D eigenvalue weighted by Crippen LogP contribution is 2.42. The lowest BCUT2D eigenvalue weighted by Crippen LogP contribution is -2.45. The third-order valence-electron chi connectivity index (χ3n) is 6.90. The van der Waals surface area contributed by atoms with Gasteiger partial charge in [-0.15, -0.1) is 11.8 Å². The molecule has 2 aromatic carbocycles. The maximum absolute atomic E-state index is 12.9. The van der Waals surface area contributed by atoms with E-state index >= 15 is 0 Å². The minimum Gasteiger partial charge on any atom is -0.508 e. The number of aromatic hydroxyl groups is 1. The van der Waals surface area contributed by atoms with Gasteiger partial charge in [0.1, 0.15) is 17.2 Å². The van der Waals surface area contributed by atoms with Gasteiger partial charge < -0.3 is 19.6 Å². The van der Waals surface area contributed by atoms with Crippen molar-refractivity contribution in [3.8, 4) is 35.1 Å². The van der Waals surface area contributed by atoms with Gasteiger partial charge in [-0.25, -0.2) is 4.98 Å². The number of piperazine rings is 1. The quantitative estimate of drug-likeness (QED) is 0.365. The second-order valence-electron chi connectivity index (χ2n) is 9.70. The Hall–Kier alpha value is -4.73. The maximum atomic E-state index is 12.9. The average Bonchev–Trinajstić information content (AvgIpc) is 3.39. The van der Waals surface area contributed by atoms with Crippen LogP contribution in [0.3, 0.4) is 0 Å². The summed E-state index contributed by atoms with van der Waals surface area (Å²) in [6.07, 6.45) is 1.43. The summed E-state index contributed by atoms with van der Waals surface area (Å²) in [4.78, 5) is 37.1. The topological polar surface area (TPSA) is 132 Å². The Morgan fingerprint density at radius 1 is 0.976 bits per heavy atom. The maximum Gasteiger partial charge on any atom is 0.328 e. The number of phenols is 1. The van der Waals surface area contributed by atoms with E-state index in [9.17, 15) is 9.90 Å². The number of pyridine rings is 1. The van der Waals surface area contributed by atoms with Crippen molar-refractivity contribution in [1.82, 2.24) is 24.8 Å². The lowest BCUT2D eigenvalue weighted by Gasteiger charge is -2.32. The second kappa shape index (κ2) is 11.4. The number of nitrogens with zero attached hydrogens (tertiary/aromatic N) is 8. The van der Waals surface area contributed by atoms with E-state index in [1.165, 1.54) is 6.20 Å². The fraction of sp³-hybridized carbons (Fsp3) is 0.241. The number of thioether (sulfide) groups is 1. The molecule has 11 nitrogen and oxygen atoms in total. The van der Waals surface area contributed by atoms with Crippen LogP contribution in [0.15, 0.2) is 66.9 Å². The molecule has 206 valence electrons. The summed E-state index contributed by atoms with van der Waals surface area (Å²) in [5, 5.41) is 18.6. The van der Waals surface area contributed by atoms with Crippen LogP contribution in [0.25, 0.3) is 11.4 Å². The Morgan fingerprint density at radius 2 is 1.73 bits per heavy atom. The molecule has 2 aromatic heterocycles. The van der Waals surface area contributed by atoms with Gasteiger partial charge in [0.25, 0.3) is 0 Å². The number of ether oxygens (including phenoxy) is 1. The molecule has 12 heteroatoms. The number of rotatable bonds is 6. The number of benzene rings is 2. The number of likely N-dealkylation sites (N-methyl/N-ethyl adjacent to an activating group) is 1. The van der Waals surface area contributed by atoms with Gasteiger partial charge in [-0.3, -0.25) is 9.69 Å². The molecule has 0 saturated carbocycles. The van der Waals surface area contributed by atoms with E-state index in [1.807, 2.05) is 42.5 Å². The summed E-state index contributed by atoms with van der Waals surface area (Å²) < 4.78 is 5.89. The number of anilines is 2. The molecule has 41 heavy (non-hydrogen) atoms. The van der Waals surface area contributed by atoms with Gasteiger partial charge in [0.15, 0.2) is 5.82 Å². The van der Waals surface area contributed by atoms with Gasteiger partial charge >= 0.3 is 6.01 Å². The number of hydrogen-bond acceptors (Lipinski definition) is 11. The number of carbonyl (C=O) groups excluding carboxylic acids is 1. The molecule has 6 rings (SSSR count). The summed E-state index contributed by atoms with van der Waals surface area (Å²) in [6, 6.07) is 19.8. The second-order valence-corrected chi connectivity index (χ2v) is 10.8. The van der Waals surface area contributed by atoms with Gasteiger partial charge in [-0.1, -0.05) is 12.1 Å². The van der Waals surface area contributed by atoms with E-state index in [1.54, 1.807) is 40.9 Å². The molecule has 2 aliphatic heterocycles. The van der Waals surface area contributed by atoms with E-state index < -0.39 is 0 Å². The first kappa shape index (κ1) is 26.5. The van der Waals surface area contributed by atoms with Crippen molar-refractivity contribution in [3.63, 3.8) is 0 Å². The van der Waals surface area contributed by atoms with E-state index in [0.29, 0.717) is 23.1 Å². The van der Waals surface area contributed by atoms with E-state index in [4.69, 9.17) is 15.0 Å². The number of nitriles is 1. The van der Waals surface area contributed by atoms with Crippen LogP contribution in [0, 0.1) is 11.3 Å². The summed E-state index contributed by atoms with van der Waals surface area (Å²) in [5.74, 6) is 1.79. The van der Waals surface area contributed by atoms with Crippen LogP contribution >= 0.6 is 11.8 Å². The molecule has 4 heterocycles. The standard InChI is InChI=1S/C29H26N8O3S/c1-35-12-14-36(15-13-35)28-32-26(33-29(34-28)40-24-11-2-19(16-30)17-31-24)20-3-7-22(8-4-20)37-25(39)18-41-27(37)21-5-9-23(38)10-6-21/h2-11,17,27,38H,12-15,18H2,1H3. The molecule has 2 aliphatic rings. The van der Waals surface area contributed by atoms with Gasteiger partial charge in [0.05, 0.1) is 11.3 Å². The first-order chi connectivity index (χ1) is 20.0. The number of aromatic nitrogens is 4. The lowest BCUT2D eigenvalue weighted by atomic mass is 10.1. The van der Waals surface area contributed by atoms with Gasteiger partial charge in [0, 0.05) is 49.7 Å². The van der Waals surface area contributed by atoms with Crippen molar-refractivity contribution >= 4 is 29.3 Å². The van der Waals surface area contributed by atoms with Crippen molar-refractivity contribution < 1.29 is 14.6 Å². The molecule has 1 N–H and O–H groups in total. The van der Waals surface area contributed by atoms with E-state index in [-0.39, 0.29) is 28.9 Å².